The number of aromatic nitrogens is 1. The smallest absolute Gasteiger partial charge is 0.272 e. The third-order valence-electron chi connectivity index (χ3n) is 4.70. The molecule has 1 amide bonds. The minimum atomic E-state index is 0.0165. The van der Waals surface area contributed by atoms with E-state index in [2.05, 4.69) is 41.2 Å². The van der Waals surface area contributed by atoms with Crippen molar-refractivity contribution in [2.75, 3.05) is 36.4 Å². The van der Waals surface area contributed by atoms with Gasteiger partial charge in [-0.15, -0.1) is 0 Å². The number of amides is 1. The van der Waals surface area contributed by atoms with E-state index >= 15 is 0 Å². The standard InChI is InChI=1S/C20H26N4O/c1-3-16(2)22-17-9-10-19(21-15-17)20(25)24-13-11-23(12-14-24)18-7-5-4-6-8-18/h4-10,15-16,22H,3,11-14H2,1-2H3. The summed E-state index contributed by atoms with van der Waals surface area (Å²) >= 11 is 0. The van der Waals surface area contributed by atoms with Crippen molar-refractivity contribution in [1.29, 1.82) is 0 Å². The molecule has 0 saturated carbocycles. The molecule has 2 aromatic rings. The largest absolute Gasteiger partial charge is 0.381 e. The number of benzene rings is 1. The van der Waals surface area contributed by atoms with Crippen LogP contribution in [0, 0.1) is 0 Å². The van der Waals surface area contributed by atoms with Gasteiger partial charge in [-0.1, -0.05) is 25.1 Å². The Morgan fingerprint density at radius 1 is 1.12 bits per heavy atom. The van der Waals surface area contributed by atoms with E-state index in [9.17, 15) is 4.79 Å². The highest BCUT2D eigenvalue weighted by molar-refractivity contribution is 5.92. The summed E-state index contributed by atoms with van der Waals surface area (Å²) in [5, 5.41) is 3.37. The van der Waals surface area contributed by atoms with Crippen LogP contribution >= 0.6 is 0 Å². The van der Waals surface area contributed by atoms with E-state index in [1.807, 2.05) is 35.2 Å². The van der Waals surface area contributed by atoms with E-state index in [1.165, 1.54) is 5.69 Å². The van der Waals surface area contributed by atoms with Crippen molar-refractivity contribution in [3.63, 3.8) is 0 Å². The summed E-state index contributed by atoms with van der Waals surface area (Å²) < 4.78 is 0. The van der Waals surface area contributed by atoms with Crippen LogP contribution in [0.4, 0.5) is 11.4 Å². The monoisotopic (exact) mass is 338 g/mol. The molecular formula is C20H26N4O. The molecule has 0 spiro atoms. The van der Waals surface area contributed by atoms with Crippen molar-refractivity contribution in [3.8, 4) is 0 Å². The fourth-order valence-corrected chi connectivity index (χ4v) is 2.96. The Bertz CT molecular complexity index is 679. The molecule has 1 unspecified atom stereocenters. The summed E-state index contributed by atoms with van der Waals surface area (Å²) in [6.07, 6.45) is 2.80. The Morgan fingerprint density at radius 2 is 1.84 bits per heavy atom. The number of rotatable bonds is 5. The molecule has 1 aromatic heterocycles. The van der Waals surface area contributed by atoms with Crippen molar-refractivity contribution in [2.24, 2.45) is 0 Å². The number of carbonyl (C=O) groups excluding carboxylic acids is 1. The minimum absolute atomic E-state index is 0.0165. The molecule has 0 bridgehead atoms. The van der Waals surface area contributed by atoms with E-state index in [1.54, 1.807) is 6.20 Å². The minimum Gasteiger partial charge on any atom is -0.381 e. The molecule has 1 aliphatic rings. The maximum Gasteiger partial charge on any atom is 0.272 e. The lowest BCUT2D eigenvalue weighted by molar-refractivity contribution is 0.0741. The van der Waals surface area contributed by atoms with E-state index in [0.717, 1.165) is 38.3 Å². The maximum atomic E-state index is 12.7. The summed E-state index contributed by atoms with van der Waals surface area (Å²) in [6, 6.07) is 14.5. The molecule has 2 heterocycles. The summed E-state index contributed by atoms with van der Waals surface area (Å²) in [6.45, 7) is 7.42. The second-order valence-corrected chi connectivity index (χ2v) is 6.50. The average molecular weight is 338 g/mol. The van der Waals surface area contributed by atoms with E-state index in [4.69, 9.17) is 0 Å². The average Bonchev–Trinajstić information content (AvgIpc) is 2.69. The molecule has 0 aliphatic carbocycles. The Morgan fingerprint density at radius 3 is 2.44 bits per heavy atom. The molecule has 25 heavy (non-hydrogen) atoms. The first-order chi connectivity index (χ1) is 12.2. The lowest BCUT2D eigenvalue weighted by Gasteiger charge is -2.36. The molecule has 1 fully saturated rings. The number of piperazine rings is 1. The maximum absolute atomic E-state index is 12.7. The van der Waals surface area contributed by atoms with E-state index < -0.39 is 0 Å². The zero-order valence-corrected chi connectivity index (χ0v) is 15.0. The van der Waals surface area contributed by atoms with Crippen LogP contribution in [0.15, 0.2) is 48.7 Å². The second-order valence-electron chi connectivity index (χ2n) is 6.50. The highest BCUT2D eigenvalue weighted by Gasteiger charge is 2.23. The first-order valence-corrected chi connectivity index (χ1v) is 8.99. The predicted molar refractivity (Wildman–Crippen MR) is 102 cm³/mol. The van der Waals surface area contributed by atoms with Gasteiger partial charge in [-0.05, 0) is 37.6 Å². The van der Waals surface area contributed by atoms with Gasteiger partial charge < -0.3 is 15.1 Å². The van der Waals surface area contributed by atoms with Crippen LogP contribution in [-0.4, -0.2) is 48.0 Å². The predicted octanol–water partition coefficient (Wildman–Crippen LogP) is 3.25. The van der Waals surface area contributed by atoms with Crippen LogP contribution < -0.4 is 10.2 Å². The second kappa shape index (κ2) is 8.01. The van der Waals surface area contributed by atoms with Gasteiger partial charge in [0, 0.05) is 37.9 Å². The van der Waals surface area contributed by atoms with Crippen molar-refractivity contribution in [3.05, 3.63) is 54.4 Å². The Hall–Kier alpha value is -2.56. The van der Waals surface area contributed by atoms with Crippen LogP contribution in [-0.2, 0) is 0 Å². The Balaban J connectivity index is 1.57. The summed E-state index contributed by atoms with van der Waals surface area (Å²) in [5.41, 5.74) is 2.69. The van der Waals surface area contributed by atoms with Gasteiger partial charge in [0.25, 0.3) is 5.91 Å². The normalized spacial score (nSPS) is 15.8. The molecule has 0 radical (unpaired) electrons. The van der Waals surface area contributed by atoms with Gasteiger partial charge in [0.15, 0.2) is 0 Å². The molecule has 1 atom stereocenters. The van der Waals surface area contributed by atoms with Gasteiger partial charge in [0.2, 0.25) is 0 Å². The third-order valence-corrected chi connectivity index (χ3v) is 4.70. The van der Waals surface area contributed by atoms with Crippen molar-refractivity contribution in [2.45, 2.75) is 26.3 Å². The van der Waals surface area contributed by atoms with Gasteiger partial charge in [0.1, 0.15) is 5.69 Å². The number of anilines is 2. The molecule has 1 saturated heterocycles. The number of hydrogen-bond acceptors (Lipinski definition) is 4. The van der Waals surface area contributed by atoms with E-state index in [-0.39, 0.29) is 5.91 Å². The van der Waals surface area contributed by atoms with Gasteiger partial charge >= 0.3 is 0 Å². The third kappa shape index (κ3) is 4.29. The van der Waals surface area contributed by atoms with Crippen molar-refractivity contribution < 1.29 is 4.79 Å². The molecule has 5 nitrogen and oxygen atoms in total. The number of nitrogens with zero attached hydrogens (tertiary/aromatic N) is 3. The van der Waals surface area contributed by atoms with Gasteiger partial charge in [-0.25, -0.2) is 4.98 Å². The number of carbonyl (C=O) groups is 1. The summed E-state index contributed by atoms with van der Waals surface area (Å²) in [7, 11) is 0. The molecule has 132 valence electrons. The van der Waals surface area contributed by atoms with Crippen LogP contribution in [0.3, 0.4) is 0 Å². The molecule has 3 rings (SSSR count). The summed E-state index contributed by atoms with van der Waals surface area (Å²) in [4.78, 5) is 21.2. The quantitative estimate of drug-likeness (QED) is 0.909. The number of nitrogens with one attached hydrogen (secondary N) is 1. The number of para-hydroxylation sites is 1. The number of hydrogen-bond donors (Lipinski definition) is 1. The van der Waals surface area contributed by atoms with Crippen LogP contribution in [0.2, 0.25) is 0 Å². The lowest BCUT2D eigenvalue weighted by atomic mass is 10.2. The lowest BCUT2D eigenvalue weighted by Crippen LogP contribution is -2.49. The topological polar surface area (TPSA) is 48.5 Å². The summed E-state index contributed by atoms with van der Waals surface area (Å²) in [5.74, 6) is 0.0165. The highest BCUT2D eigenvalue weighted by atomic mass is 16.2. The fraction of sp³-hybridized carbons (Fsp3) is 0.400. The molecule has 5 heteroatoms. The Labute approximate surface area is 149 Å². The molecule has 1 N–H and O–H groups in total. The molecular weight excluding hydrogens is 312 g/mol. The first kappa shape index (κ1) is 17.3. The van der Waals surface area contributed by atoms with Crippen molar-refractivity contribution >= 4 is 17.3 Å². The van der Waals surface area contributed by atoms with Crippen LogP contribution in [0.25, 0.3) is 0 Å². The van der Waals surface area contributed by atoms with Gasteiger partial charge in [0.05, 0.1) is 11.9 Å². The van der Waals surface area contributed by atoms with Gasteiger partial charge in [-0.2, -0.15) is 0 Å². The molecule has 1 aromatic carbocycles. The van der Waals surface area contributed by atoms with Gasteiger partial charge in [-0.3, -0.25) is 4.79 Å². The first-order valence-electron chi connectivity index (χ1n) is 8.99. The van der Waals surface area contributed by atoms with Crippen molar-refractivity contribution in [1.82, 2.24) is 9.88 Å². The Kier molecular flexibility index (Phi) is 5.53. The zero-order valence-electron chi connectivity index (χ0n) is 15.0. The van der Waals surface area contributed by atoms with Crippen LogP contribution in [0.5, 0.6) is 0 Å². The molecule has 1 aliphatic heterocycles. The SMILES string of the molecule is CCC(C)Nc1ccc(C(=O)N2CCN(c3ccccc3)CC2)nc1. The highest BCUT2D eigenvalue weighted by Crippen LogP contribution is 2.17. The zero-order chi connectivity index (χ0) is 17.6. The fourth-order valence-electron chi connectivity index (χ4n) is 2.96. The van der Waals surface area contributed by atoms with E-state index in [0.29, 0.717) is 11.7 Å². The van der Waals surface area contributed by atoms with Crippen LogP contribution in [0.1, 0.15) is 30.8 Å². The number of pyridine rings is 1.